The molecular formula is C13H9ClN2. The molecule has 0 aliphatic rings. The van der Waals surface area contributed by atoms with Gasteiger partial charge >= 0.3 is 0 Å². The third kappa shape index (κ3) is 1.39. The third-order valence-electron chi connectivity index (χ3n) is 2.61. The minimum atomic E-state index is 0.677. The van der Waals surface area contributed by atoms with Crippen LogP contribution in [0.1, 0.15) is 0 Å². The van der Waals surface area contributed by atoms with Gasteiger partial charge < -0.3 is 4.98 Å². The first-order valence-corrected chi connectivity index (χ1v) is 5.41. The number of aromatic nitrogens is 2. The van der Waals surface area contributed by atoms with E-state index in [1.165, 1.54) is 0 Å². The Morgan fingerprint density at radius 3 is 2.88 bits per heavy atom. The molecule has 3 aromatic rings. The molecule has 0 radical (unpaired) electrons. The van der Waals surface area contributed by atoms with Gasteiger partial charge in [0.1, 0.15) is 0 Å². The van der Waals surface area contributed by atoms with E-state index in [9.17, 15) is 0 Å². The van der Waals surface area contributed by atoms with E-state index in [1.54, 1.807) is 6.20 Å². The van der Waals surface area contributed by atoms with Gasteiger partial charge in [0, 0.05) is 28.9 Å². The summed E-state index contributed by atoms with van der Waals surface area (Å²) in [6.45, 7) is 0. The largest absolute Gasteiger partial charge is 0.361 e. The summed E-state index contributed by atoms with van der Waals surface area (Å²) in [5.41, 5.74) is 2.98. The van der Waals surface area contributed by atoms with Crippen molar-refractivity contribution in [3.63, 3.8) is 0 Å². The second kappa shape index (κ2) is 3.65. The van der Waals surface area contributed by atoms with Crippen molar-refractivity contribution in [1.82, 2.24) is 9.97 Å². The first-order valence-electron chi connectivity index (χ1n) is 5.03. The molecule has 0 amide bonds. The molecule has 0 saturated heterocycles. The number of pyridine rings is 1. The molecule has 0 aliphatic heterocycles. The van der Waals surface area contributed by atoms with Gasteiger partial charge in [-0.3, -0.25) is 4.98 Å². The van der Waals surface area contributed by atoms with E-state index in [4.69, 9.17) is 11.6 Å². The van der Waals surface area contributed by atoms with Gasteiger partial charge in [0.25, 0.3) is 0 Å². The van der Waals surface area contributed by atoms with Gasteiger partial charge in [-0.2, -0.15) is 0 Å². The summed E-state index contributed by atoms with van der Waals surface area (Å²) in [5, 5.41) is 1.82. The lowest BCUT2D eigenvalue weighted by atomic mass is 10.1. The molecule has 3 heteroatoms. The standard InChI is InChI=1S/C13H9ClN2/c14-11-4-2-7-16-13(11)10-3-1-5-12-9(10)6-8-15-12/h1-8,15H. The number of aromatic amines is 1. The predicted molar refractivity (Wildman–Crippen MR) is 66.5 cm³/mol. The van der Waals surface area contributed by atoms with Gasteiger partial charge in [-0.25, -0.2) is 0 Å². The van der Waals surface area contributed by atoms with E-state index in [0.717, 1.165) is 22.2 Å². The van der Waals surface area contributed by atoms with Crippen molar-refractivity contribution in [2.24, 2.45) is 0 Å². The zero-order valence-electron chi connectivity index (χ0n) is 8.44. The topological polar surface area (TPSA) is 28.7 Å². The van der Waals surface area contributed by atoms with Crippen LogP contribution in [0.3, 0.4) is 0 Å². The molecule has 2 heterocycles. The lowest BCUT2D eigenvalue weighted by Crippen LogP contribution is -1.84. The molecule has 1 aromatic carbocycles. The summed E-state index contributed by atoms with van der Waals surface area (Å²) in [6, 6.07) is 11.8. The van der Waals surface area contributed by atoms with Gasteiger partial charge in [-0.15, -0.1) is 0 Å². The fraction of sp³-hybridized carbons (Fsp3) is 0. The Morgan fingerprint density at radius 2 is 2.00 bits per heavy atom. The number of H-pyrrole nitrogens is 1. The summed E-state index contributed by atoms with van der Waals surface area (Å²) >= 11 is 6.15. The van der Waals surface area contributed by atoms with Crippen LogP contribution in [-0.4, -0.2) is 9.97 Å². The summed E-state index contributed by atoms with van der Waals surface area (Å²) < 4.78 is 0. The maximum absolute atomic E-state index is 6.15. The fourth-order valence-corrected chi connectivity index (χ4v) is 2.10. The van der Waals surface area contributed by atoms with Crippen LogP contribution < -0.4 is 0 Å². The monoisotopic (exact) mass is 228 g/mol. The van der Waals surface area contributed by atoms with Gasteiger partial charge in [0.05, 0.1) is 10.7 Å². The minimum Gasteiger partial charge on any atom is -0.361 e. The van der Waals surface area contributed by atoms with E-state index in [0.29, 0.717) is 5.02 Å². The highest BCUT2D eigenvalue weighted by molar-refractivity contribution is 6.33. The molecule has 0 atom stereocenters. The maximum Gasteiger partial charge on any atom is 0.0894 e. The van der Waals surface area contributed by atoms with Gasteiger partial charge in [0.2, 0.25) is 0 Å². The number of hydrogen-bond donors (Lipinski definition) is 1. The molecule has 16 heavy (non-hydrogen) atoms. The highest BCUT2D eigenvalue weighted by Crippen LogP contribution is 2.30. The second-order valence-electron chi connectivity index (χ2n) is 3.58. The average molecular weight is 229 g/mol. The molecule has 0 bridgehead atoms. The second-order valence-corrected chi connectivity index (χ2v) is 3.99. The van der Waals surface area contributed by atoms with Crippen LogP contribution in [0.25, 0.3) is 22.2 Å². The highest BCUT2D eigenvalue weighted by atomic mass is 35.5. The van der Waals surface area contributed by atoms with E-state index in [-0.39, 0.29) is 0 Å². The summed E-state index contributed by atoms with van der Waals surface area (Å²) in [4.78, 5) is 7.51. The van der Waals surface area contributed by atoms with Gasteiger partial charge in [-0.05, 0) is 24.3 Å². The number of hydrogen-bond acceptors (Lipinski definition) is 1. The molecular weight excluding hydrogens is 220 g/mol. The fourth-order valence-electron chi connectivity index (χ4n) is 1.88. The van der Waals surface area contributed by atoms with E-state index < -0.39 is 0 Å². The number of nitrogens with one attached hydrogen (secondary N) is 1. The number of rotatable bonds is 1. The zero-order valence-corrected chi connectivity index (χ0v) is 9.20. The van der Waals surface area contributed by atoms with Crippen LogP contribution >= 0.6 is 11.6 Å². The first kappa shape index (κ1) is 9.43. The molecule has 2 nitrogen and oxygen atoms in total. The van der Waals surface area contributed by atoms with Crippen LogP contribution in [0.5, 0.6) is 0 Å². The Hall–Kier alpha value is -1.80. The lowest BCUT2D eigenvalue weighted by molar-refractivity contribution is 1.33. The number of nitrogens with zero attached hydrogens (tertiary/aromatic N) is 1. The van der Waals surface area contributed by atoms with Crippen molar-refractivity contribution in [2.75, 3.05) is 0 Å². The maximum atomic E-state index is 6.15. The van der Waals surface area contributed by atoms with Crippen molar-refractivity contribution in [1.29, 1.82) is 0 Å². The van der Waals surface area contributed by atoms with Crippen LogP contribution in [-0.2, 0) is 0 Å². The summed E-state index contributed by atoms with van der Waals surface area (Å²) in [6.07, 6.45) is 3.68. The molecule has 0 spiro atoms. The number of fused-ring (bicyclic) bond motifs is 1. The molecule has 0 fully saturated rings. The molecule has 78 valence electrons. The van der Waals surface area contributed by atoms with Crippen molar-refractivity contribution >= 4 is 22.5 Å². The first-order chi connectivity index (χ1) is 7.86. The smallest absolute Gasteiger partial charge is 0.0894 e. The highest BCUT2D eigenvalue weighted by Gasteiger charge is 2.08. The Labute approximate surface area is 97.9 Å². The van der Waals surface area contributed by atoms with E-state index in [1.807, 2.05) is 42.6 Å². The Bertz CT molecular complexity index is 643. The van der Waals surface area contributed by atoms with Gasteiger partial charge in [-0.1, -0.05) is 23.7 Å². The van der Waals surface area contributed by atoms with Crippen molar-refractivity contribution in [2.45, 2.75) is 0 Å². The predicted octanol–water partition coefficient (Wildman–Crippen LogP) is 3.88. The van der Waals surface area contributed by atoms with E-state index in [2.05, 4.69) is 9.97 Å². The van der Waals surface area contributed by atoms with Crippen LogP contribution in [0.2, 0.25) is 5.02 Å². The van der Waals surface area contributed by atoms with Crippen LogP contribution in [0.15, 0.2) is 48.8 Å². The zero-order chi connectivity index (χ0) is 11.0. The number of halogens is 1. The molecule has 1 N–H and O–H groups in total. The third-order valence-corrected chi connectivity index (χ3v) is 2.91. The van der Waals surface area contributed by atoms with Crippen molar-refractivity contribution in [3.05, 3.63) is 53.8 Å². The molecule has 0 saturated carbocycles. The minimum absolute atomic E-state index is 0.677. The molecule has 3 rings (SSSR count). The van der Waals surface area contributed by atoms with Crippen LogP contribution in [0.4, 0.5) is 0 Å². The lowest BCUT2D eigenvalue weighted by Gasteiger charge is -2.04. The quantitative estimate of drug-likeness (QED) is 0.673. The average Bonchev–Trinajstić information content (AvgIpc) is 2.77. The molecule has 0 unspecified atom stereocenters. The Morgan fingerprint density at radius 1 is 1.06 bits per heavy atom. The normalized spacial score (nSPS) is 10.8. The Balaban J connectivity index is 2.34. The van der Waals surface area contributed by atoms with Crippen molar-refractivity contribution < 1.29 is 0 Å². The molecule has 0 aliphatic carbocycles. The number of benzene rings is 1. The summed E-state index contributed by atoms with van der Waals surface area (Å²) in [5.74, 6) is 0. The SMILES string of the molecule is Clc1cccnc1-c1cccc2[nH]ccc12. The molecule has 2 aromatic heterocycles. The van der Waals surface area contributed by atoms with Gasteiger partial charge in [0.15, 0.2) is 0 Å². The van der Waals surface area contributed by atoms with Crippen LogP contribution in [0, 0.1) is 0 Å². The van der Waals surface area contributed by atoms with E-state index >= 15 is 0 Å². The Kier molecular flexibility index (Phi) is 2.15. The summed E-state index contributed by atoms with van der Waals surface area (Å²) in [7, 11) is 0. The van der Waals surface area contributed by atoms with Crippen molar-refractivity contribution in [3.8, 4) is 11.3 Å².